The van der Waals surface area contributed by atoms with E-state index in [1.165, 1.54) is 0 Å². The highest BCUT2D eigenvalue weighted by atomic mass is 35.5. The summed E-state index contributed by atoms with van der Waals surface area (Å²) in [5, 5.41) is 0.745. The van der Waals surface area contributed by atoms with E-state index in [1.54, 1.807) is 0 Å². The number of nitrogens with two attached hydrogens (primary N) is 1. The Kier molecular flexibility index (Phi) is 4.95. The third kappa shape index (κ3) is 3.42. The highest BCUT2D eigenvalue weighted by Crippen LogP contribution is 2.30. The molecule has 4 heteroatoms. The van der Waals surface area contributed by atoms with E-state index in [0.717, 1.165) is 16.1 Å². The average Bonchev–Trinajstić information content (AvgIpc) is 2.23. The number of benzene rings is 1. The monoisotopic (exact) mass is 256 g/mol. The third-order valence-electron chi connectivity index (χ3n) is 2.91. The minimum Gasteiger partial charge on any atom is -0.374 e. The first-order valence-electron chi connectivity index (χ1n) is 5.78. The van der Waals surface area contributed by atoms with E-state index in [0.29, 0.717) is 6.61 Å². The van der Waals surface area contributed by atoms with Gasteiger partial charge in [0.1, 0.15) is 0 Å². The summed E-state index contributed by atoms with van der Waals surface area (Å²) in [6.45, 7) is 8.61. The molecule has 17 heavy (non-hydrogen) atoms. The molecule has 0 aliphatic carbocycles. The predicted molar refractivity (Wildman–Crippen MR) is 72.0 cm³/mol. The minimum absolute atomic E-state index is 0.0967. The van der Waals surface area contributed by atoms with Gasteiger partial charge in [-0.15, -0.1) is 0 Å². The summed E-state index contributed by atoms with van der Waals surface area (Å²) in [5.74, 6) is 5.64. The maximum Gasteiger partial charge on any atom is 0.0833 e. The Hall–Kier alpha value is -0.610. The molecule has 0 bridgehead atoms. The molecule has 0 aromatic heterocycles. The van der Waals surface area contributed by atoms with Crippen LogP contribution in [0.3, 0.4) is 0 Å². The molecule has 3 nitrogen and oxygen atoms in total. The van der Waals surface area contributed by atoms with E-state index < -0.39 is 0 Å². The molecule has 96 valence electrons. The topological polar surface area (TPSA) is 47.3 Å². The van der Waals surface area contributed by atoms with Gasteiger partial charge in [-0.2, -0.15) is 0 Å². The van der Waals surface area contributed by atoms with Crippen LogP contribution >= 0.6 is 11.6 Å². The maximum atomic E-state index is 6.13. The van der Waals surface area contributed by atoms with E-state index in [-0.39, 0.29) is 11.6 Å². The molecule has 1 aromatic rings. The van der Waals surface area contributed by atoms with Crippen molar-refractivity contribution in [2.45, 2.75) is 39.3 Å². The number of rotatable bonds is 5. The Labute approximate surface area is 108 Å². The fourth-order valence-corrected chi connectivity index (χ4v) is 2.13. The number of halogens is 1. The van der Waals surface area contributed by atoms with Gasteiger partial charge in [-0.3, -0.25) is 11.3 Å². The van der Waals surface area contributed by atoms with E-state index in [2.05, 4.69) is 5.43 Å². The van der Waals surface area contributed by atoms with Crippen LogP contribution in [0.15, 0.2) is 18.2 Å². The summed E-state index contributed by atoms with van der Waals surface area (Å²) in [7, 11) is 0. The van der Waals surface area contributed by atoms with Gasteiger partial charge >= 0.3 is 0 Å². The quantitative estimate of drug-likeness (QED) is 0.629. The van der Waals surface area contributed by atoms with E-state index in [4.69, 9.17) is 22.2 Å². The van der Waals surface area contributed by atoms with Gasteiger partial charge in [0.15, 0.2) is 0 Å². The Morgan fingerprint density at radius 2 is 2.12 bits per heavy atom. The van der Waals surface area contributed by atoms with Crippen molar-refractivity contribution < 1.29 is 4.74 Å². The van der Waals surface area contributed by atoms with Crippen LogP contribution < -0.4 is 11.3 Å². The zero-order chi connectivity index (χ0) is 13.1. The maximum absolute atomic E-state index is 6.13. The van der Waals surface area contributed by atoms with Crippen molar-refractivity contribution in [3.05, 3.63) is 34.3 Å². The normalized spacial score (nSPS) is 13.8. The van der Waals surface area contributed by atoms with E-state index >= 15 is 0 Å². The standard InChI is InChI=1S/C13H21ClN2O/c1-5-17-13(3,4)12(16-15)10-7-6-9(2)11(14)8-10/h6-8,12,16H,5,15H2,1-4H3. The summed E-state index contributed by atoms with van der Waals surface area (Å²) in [5.41, 5.74) is 4.50. The number of aryl methyl sites for hydroxylation is 1. The molecule has 1 rings (SSSR count). The molecular formula is C13H21ClN2O. The Bertz CT molecular complexity index is 380. The predicted octanol–water partition coefficient (Wildman–Crippen LogP) is 2.97. The summed E-state index contributed by atoms with van der Waals surface area (Å²) < 4.78 is 5.72. The molecule has 0 radical (unpaired) electrons. The molecule has 0 heterocycles. The van der Waals surface area contributed by atoms with Gasteiger partial charge in [-0.1, -0.05) is 23.7 Å². The second kappa shape index (κ2) is 5.83. The summed E-state index contributed by atoms with van der Waals surface area (Å²) in [6.07, 6.45) is 0. The first kappa shape index (κ1) is 14.5. The van der Waals surface area contributed by atoms with Gasteiger partial charge in [-0.05, 0) is 44.9 Å². The van der Waals surface area contributed by atoms with Crippen LogP contribution in [0.25, 0.3) is 0 Å². The van der Waals surface area contributed by atoms with Crippen LogP contribution in [-0.2, 0) is 4.74 Å². The summed E-state index contributed by atoms with van der Waals surface area (Å²) >= 11 is 6.13. The van der Waals surface area contributed by atoms with Gasteiger partial charge in [0.2, 0.25) is 0 Å². The zero-order valence-electron chi connectivity index (χ0n) is 10.9. The van der Waals surface area contributed by atoms with Crippen molar-refractivity contribution >= 4 is 11.6 Å². The summed E-state index contributed by atoms with van der Waals surface area (Å²) in [6, 6.07) is 5.85. The second-order valence-electron chi connectivity index (χ2n) is 4.64. The number of ether oxygens (including phenoxy) is 1. The number of hydrazine groups is 1. The lowest BCUT2D eigenvalue weighted by atomic mass is 9.91. The van der Waals surface area contributed by atoms with Gasteiger partial charge < -0.3 is 4.74 Å². The van der Waals surface area contributed by atoms with Crippen molar-refractivity contribution in [2.24, 2.45) is 5.84 Å². The first-order chi connectivity index (χ1) is 7.92. The molecule has 0 spiro atoms. The number of nitrogens with one attached hydrogen (secondary N) is 1. The van der Waals surface area contributed by atoms with Crippen LogP contribution in [0.1, 0.15) is 37.9 Å². The first-order valence-corrected chi connectivity index (χ1v) is 6.16. The highest BCUT2D eigenvalue weighted by Gasteiger charge is 2.30. The van der Waals surface area contributed by atoms with Crippen molar-refractivity contribution in [1.29, 1.82) is 0 Å². The lowest BCUT2D eigenvalue weighted by Gasteiger charge is -2.34. The molecule has 0 aliphatic rings. The SMILES string of the molecule is CCOC(C)(C)C(NN)c1ccc(C)c(Cl)c1. The van der Waals surface area contributed by atoms with Gasteiger partial charge in [-0.25, -0.2) is 0 Å². The lowest BCUT2D eigenvalue weighted by molar-refractivity contribution is -0.0392. The fraction of sp³-hybridized carbons (Fsp3) is 0.538. The van der Waals surface area contributed by atoms with Crippen LogP contribution in [-0.4, -0.2) is 12.2 Å². The highest BCUT2D eigenvalue weighted by molar-refractivity contribution is 6.31. The van der Waals surface area contributed by atoms with Crippen molar-refractivity contribution in [3.63, 3.8) is 0 Å². The van der Waals surface area contributed by atoms with E-state index in [1.807, 2.05) is 45.9 Å². The van der Waals surface area contributed by atoms with Crippen molar-refractivity contribution in [2.75, 3.05) is 6.61 Å². The number of hydrogen-bond donors (Lipinski definition) is 2. The minimum atomic E-state index is -0.387. The van der Waals surface area contributed by atoms with Gasteiger partial charge in [0.25, 0.3) is 0 Å². The molecule has 0 fully saturated rings. The third-order valence-corrected chi connectivity index (χ3v) is 3.31. The zero-order valence-corrected chi connectivity index (χ0v) is 11.6. The molecule has 1 aromatic carbocycles. The van der Waals surface area contributed by atoms with Crippen LogP contribution in [0, 0.1) is 6.92 Å². The van der Waals surface area contributed by atoms with Crippen molar-refractivity contribution in [3.8, 4) is 0 Å². The van der Waals surface area contributed by atoms with Crippen LogP contribution in [0.5, 0.6) is 0 Å². The van der Waals surface area contributed by atoms with Crippen LogP contribution in [0.2, 0.25) is 5.02 Å². The largest absolute Gasteiger partial charge is 0.374 e. The molecule has 1 atom stereocenters. The Balaban J connectivity index is 3.05. The van der Waals surface area contributed by atoms with Crippen LogP contribution in [0.4, 0.5) is 0 Å². The molecule has 0 aliphatic heterocycles. The second-order valence-corrected chi connectivity index (χ2v) is 5.05. The fourth-order valence-electron chi connectivity index (χ4n) is 1.94. The smallest absolute Gasteiger partial charge is 0.0833 e. The number of hydrogen-bond acceptors (Lipinski definition) is 3. The van der Waals surface area contributed by atoms with Crippen molar-refractivity contribution in [1.82, 2.24) is 5.43 Å². The molecule has 0 saturated carbocycles. The molecule has 3 N–H and O–H groups in total. The van der Waals surface area contributed by atoms with Gasteiger partial charge in [0, 0.05) is 11.6 Å². The molecule has 0 saturated heterocycles. The molecular weight excluding hydrogens is 236 g/mol. The lowest BCUT2D eigenvalue weighted by Crippen LogP contribution is -2.44. The van der Waals surface area contributed by atoms with Gasteiger partial charge in [0.05, 0.1) is 11.6 Å². The average molecular weight is 257 g/mol. The Morgan fingerprint density at radius 1 is 1.47 bits per heavy atom. The molecule has 1 unspecified atom stereocenters. The van der Waals surface area contributed by atoms with E-state index in [9.17, 15) is 0 Å². The Morgan fingerprint density at radius 3 is 2.59 bits per heavy atom. The summed E-state index contributed by atoms with van der Waals surface area (Å²) in [4.78, 5) is 0. The molecule has 0 amide bonds.